The smallest absolute Gasteiger partial charge is 0.407 e. The van der Waals surface area contributed by atoms with Gasteiger partial charge in [-0.1, -0.05) is 18.2 Å². The van der Waals surface area contributed by atoms with Crippen molar-refractivity contribution in [3.8, 4) is 5.75 Å². The maximum Gasteiger partial charge on any atom is 0.407 e. The zero-order chi connectivity index (χ0) is 22.1. The van der Waals surface area contributed by atoms with Gasteiger partial charge in [-0.3, -0.25) is 9.59 Å². The van der Waals surface area contributed by atoms with Crippen LogP contribution in [-0.4, -0.2) is 61.2 Å². The Kier molecular flexibility index (Phi) is 8.50. The Morgan fingerprint density at radius 2 is 1.80 bits per heavy atom. The van der Waals surface area contributed by atoms with Gasteiger partial charge in [-0.25, -0.2) is 4.79 Å². The van der Waals surface area contributed by atoms with E-state index in [1.54, 1.807) is 32.8 Å². The van der Waals surface area contributed by atoms with Crippen molar-refractivity contribution in [2.75, 3.05) is 26.7 Å². The average molecular weight is 420 g/mol. The van der Waals surface area contributed by atoms with E-state index in [1.807, 2.05) is 24.3 Å². The molecule has 1 aromatic carbocycles. The molecule has 8 nitrogen and oxygen atoms in total. The van der Waals surface area contributed by atoms with Crippen molar-refractivity contribution >= 4 is 17.9 Å². The van der Waals surface area contributed by atoms with Crippen molar-refractivity contribution in [3.63, 3.8) is 0 Å². The van der Waals surface area contributed by atoms with E-state index in [0.717, 1.165) is 5.56 Å². The summed E-state index contributed by atoms with van der Waals surface area (Å²) < 4.78 is 10.4. The van der Waals surface area contributed by atoms with E-state index in [-0.39, 0.29) is 37.2 Å². The lowest BCUT2D eigenvalue weighted by molar-refractivity contribution is -0.132. The summed E-state index contributed by atoms with van der Waals surface area (Å²) >= 11 is 0. The number of piperidine rings is 1. The van der Waals surface area contributed by atoms with Crippen LogP contribution in [0, 0.1) is 0 Å². The van der Waals surface area contributed by atoms with Crippen molar-refractivity contribution in [2.45, 2.75) is 58.1 Å². The molecule has 166 valence electrons. The molecule has 0 aliphatic carbocycles. The Balaban J connectivity index is 1.68. The molecule has 8 heteroatoms. The number of methoxy groups -OCH3 is 1. The number of para-hydroxylation sites is 1. The largest absolute Gasteiger partial charge is 0.496 e. The summed E-state index contributed by atoms with van der Waals surface area (Å²) in [5.41, 5.74) is 0.286. The molecule has 0 spiro atoms. The normalized spacial score (nSPS) is 14.7. The molecular weight excluding hydrogens is 386 g/mol. The van der Waals surface area contributed by atoms with Crippen LogP contribution in [0.15, 0.2) is 24.3 Å². The Morgan fingerprint density at radius 3 is 2.43 bits per heavy atom. The van der Waals surface area contributed by atoms with Gasteiger partial charge in [0, 0.05) is 37.7 Å². The highest BCUT2D eigenvalue weighted by Gasteiger charge is 2.24. The van der Waals surface area contributed by atoms with Gasteiger partial charge in [0.1, 0.15) is 11.4 Å². The third kappa shape index (κ3) is 7.93. The quantitative estimate of drug-likeness (QED) is 0.707. The number of hydrogen-bond donors (Lipinski definition) is 2. The van der Waals surface area contributed by atoms with Crippen LogP contribution < -0.4 is 15.4 Å². The monoisotopic (exact) mass is 419 g/mol. The van der Waals surface area contributed by atoms with E-state index in [0.29, 0.717) is 31.7 Å². The first kappa shape index (κ1) is 23.5. The summed E-state index contributed by atoms with van der Waals surface area (Å²) in [5, 5.41) is 5.65. The second-order valence-electron chi connectivity index (χ2n) is 8.39. The molecule has 30 heavy (non-hydrogen) atoms. The first-order valence-corrected chi connectivity index (χ1v) is 10.3. The van der Waals surface area contributed by atoms with Crippen molar-refractivity contribution in [1.82, 2.24) is 15.5 Å². The third-order valence-electron chi connectivity index (χ3n) is 4.76. The van der Waals surface area contributed by atoms with Crippen LogP contribution in [-0.2, 0) is 20.7 Å². The lowest BCUT2D eigenvalue weighted by atomic mass is 10.0. The lowest BCUT2D eigenvalue weighted by Gasteiger charge is -2.32. The number of nitrogens with zero attached hydrogens (tertiary/aromatic N) is 1. The summed E-state index contributed by atoms with van der Waals surface area (Å²) in [5.74, 6) is 0.642. The van der Waals surface area contributed by atoms with Gasteiger partial charge in [0.15, 0.2) is 0 Å². The summed E-state index contributed by atoms with van der Waals surface area (Å²) in [6.07, 6.45) is 1.39. The van der Waals surface area contributed by atoms with E-state index in [9.17, 15) is 14.4 Å². The summed E-state index contributed by atoms with van der Waals surface area (Å²) in [6.45, 7) is 6.78. The Labute approximate surface area is 178 Å². The van der Waals surface area contributed by atoms with E-state index in [4.69, 9.17) is 9.47 Å². The predicted octanol–water partition coefficient (Wildman–Crippen LogP) is 2.26. The van der Waals surface area contributed by atoms with Crippen LogP contribution in [0.4, 0.5) is 4.79 Å². The van der Waals surface area contributed by atoms with Crippen molar-refractivity contribution in [3.05, 3.63) is 29.8 Å². The van der Waals surface area contributed by atoms with Gasteiger partial charge in [0.25, 0.3) is 0 Å². The lowest BCUT2D eigenvalue weighted by Crippen LogP contribution is -2.47. The van der Waals surface area contributed by atoms with Gasteiger partial charge in [-0.2, -0.15) is 0 Å². The maximum atomic E-state index is 12.4. The van der Waals surface area contributed by atoms with E-state index < -0.39 is 11.7 Å². The summed E-state index contributed by atoms with van der Waals surface area (Å²) in [7, 11) is 1.59. The van der Waals surface area contributed by atoms with Crippen LogP contribution in [0.3, 0.4) is 0 Å². The molecule has 0 radical (unpaired) electrons. The predicted molar refractivity (Wildman–Crippen MR) is 113 cm³/mol. The molecule has 1 aliphatic heterocycles. The number of carbonyl (C=O) groups excluding carboxylic acids is 3. The fourth-order valence-corrected chi connectivity index (χ4v) is 3.32. The number of ether oxygens (including phenoxy) is 2. The maximum absolute atomic E-state index is 12.4. The number of alkyl carbamates (subject to hydrolysis) is 1. The van der Waals surface area contributed by atoms with Gasteiger partial charge in [0.05, 0.1) is 13.5 Å². The second-order valence-corrected chi connectivity index (χ2v) is 8.39. The zero-order valence-electron chi connectivity index (χ0n) is 18.3. The van der Waals surface area contributed by atoms with Crippen LogP contribution in [0.25, 0.3) is 0 Å². The Bertz CT molecular complexity index is 737. The van der Waals surface area contributed by atoms with E-state index in [2.05, 4.69) is 10.6 Å². The molecule has 1 aromatic rings. The van der Waals surface area contributed by atoms with Crippen LogP contribution in [0.5, 0.6) is 5.75 Å². The molecule has 0 atom stereocenters. The van der Waals surface area contributed by atoms with Crippen molar-refractivity contribution in [1.29, 1.82) is 0 Å². The van der Waals surface area contributed by atoms with Gasteiger partial charge >= 0.3 is 6.09 Å². The SMILES string of the molecule is COc1ccccc1CC(=O)NC1CCN(C(=O)CCNC(=O)OC(C)(C)C)CC1. The first-order valence-electron chi connectivity index (χ1n) is 10.3. The molecule has 1 saturated heterocycles. The minimum Gasteiger partial charge on any atom is -0.496 e. The van der Waals surface area contributed by atoms with Gasteiger partial charge < -0.3 is 25.0 Å². The fourth-order valence-electron chi connectivity index (χ4n) is 3.32. The number of benzene rings is 1. The van der Waals surface area contributed by atoms with E-state index >= 15 is 0 Å². The number of rotatable bonds is 7. The van der Waals surface area contributed by atoms with Gasteiger partial charge in [-0.05, 0) is 39.7 Å². The van der Waals surface area contributed by atoms with Crippen molar-refractivity contribution < 1.29 is 23.9 Å². The number of amides is 3. The highest BCUT2D eigenvalue weighted by Crippen LogP contribution is 2.18. The first-order chi connectivity index (χ1) is 14.2. The molecule has 1 fully saturated rings. The molecule has 2 rings (SSSR count). The average Bonchev–Trinajstić information content (AvgIpc) is 2.67. The second kappa shape index (κ2) is 10.8. The molecule has 0 unspecified atom stereocenters. The molecular formula is C22H33N3O5. The van der Waals surface area contributed by atoms with Gasteiger partial charge in [-0.15, -0.1) is 0 Å². The topological polar surface area (TPSA) is 97.0 Å². The molecule has 0 bridgehead atoms. The third-order valence-corrected chi connectivity index (χ3v) is 4.76. The molecule has 0 saturated carbocycles. The molecule has 3 amide bonds. The standard InChI is InChI=1S/C22H33N3O5/c1-22(2,3)30-21(28)23-12-9-20(27)25-13-10-17(11-14-25)24-19(26)15-16-7-5-6-8-18(16)29-4/h5-8,17H,9-15H2,1-4H3,(H,23,28)(H,24,26). The van der Waals surface area contributed by atoms with Crippen LogP contribution >= 0.6 is 0 Å². The van der Waals surface area contributed by atoms with Crippen LogP contribution in [0.2, 0.25) is 0 Å². The minimum atomic E-state index is -0.563. The van der Waals surface area contributed by atoms with Crippen molar-refractivity contribution in [2.24, 2.45) is 0 Å². The highest BCUT2D eigenvalue weighted by atomic mass is 16.6. The van der Waals surface area contributed by atoms with Crippen LogP contribution in [0.1, 0.15) is 45.6 Å². The highest BCUT2D eigenvalue weighted by molar-refractivity contribution is 5.80. The number of likely N-dealkylation sites (tertiary alicyclic amines) is 1. The molecule has 2 N–H and O–H groups in total. The number of nitrogens with one attached hydrogen (secondary N) is 2. The van der Waals surface area contributed by atoms with E-state index in [1.165, 1.54) is 0 Å². The Hall–Kier alpha value is -2.77. The Morgan fingerprint density at radius 1 is 1.13 bits per heavy atom. The fraction of sp³-hybridized carbons (Fsp3) is 0.591. The zero-order valence-corrected chi connectivity index (χ0v) is 18.3. The van der Waals surface area contributed by atoms with Gasteiger partial charge in [0.2, 0.25) is 11.8 Å². The molecule has 0 aromatic heterocycles. The molecule has 1 heterocycles. The summed E-state index contributed by atoms with van der Waals surface area (Å²) in [6, 6.07) is 7.52. The molecule has 1 aliphatic rings. The minimum absolute atomic E-state index is 0.00939. The number of carbonyl (C=O) groups is 3. The summed E-state index contributed by atoms with van der Waals surface area (Å²) in [4.78, 5) is 38.1. The number of hydrogen-bond acceptors (Lipinski definition) is 5.